The lowest BCUT2D eigenvalue weighted by molar-refractivity contribution is 0.480. The molecule has 4 heterocycles. The van der Waals surface area contributed by atoms with Crippen LogP contribution in [-0.4, -0.2) is 4.57 Å². The van der Waals surface area contributed by atoms with Crippen LogP contribution in [0.2, 0.25) is 0 Å². The molecule has 0 saturated heterocycles. The molecule has 4 aromatic heterocycles. The number of para-hydroxylation sites is 2. The average Bonchev–Trinajstić information content (AvgIpc) is 4.02. The SMILES string of the molecule is C=c1oc2c(/c1=C/C=C\C=C(/C=C/C=C/C)c1ccc3oc4ccc5c6cc(-c7ccc8c(c7)c7ccccc7n8-c7ccccc7)ccc6oc5c4c3c1)C=CCC2. The predicted octanol–water partition coefficient (Wildman–Crippen LogP) is 13.8. The lowest BCUT2D eigenvalue weighted by Crippen LogP contribution is -2.19. The highest BCUT2D eigenvalue weighted by atomic mass is 16.3. The van der Waals surface area contributed by atoms with Crippen LogP contribution in [-0.2, 0) is 6.42 Å². The number of benzene rings is 6. The molecule has 0 bridgehead atoms. The zero-order valence-corrected chi connectivity index (χ0v) is 32.6. The lowest BCUT2D eigenvalue weighted by Gasteiger charge is -2.08. The Kier molecular flexibility index (Phi) is 8.30. The van der Waals surface area contributed by atoms with Crippen molar-refractivity contribution in [2.45, 2.75) is 19.8 Å². The molecular formula is C55H39NO3. The van der Waals surface area contributed by atoms with Gasteiger partial charge in [-0.15, -0.1) is 0 Å². The van der Waals surface area contributed by atoms with E-state index in [2.05, 4.69) is 181 Å². The number of fused-ring (bicyclic) bond motifs is 11. The van der Waals surface area contributed by atoms with E-state index in [1.165, 1.54) is 21.8 Å². The summed E-state index contributed by atoms with van der Waals surface area (Å²) in [6, 6.07) is 43.2. The molecule has 0 atom stereocenters. The van der Waals surface area contributed by atoms with Crippen molar-refractivity contribution in [2.24, 2.45) is 0 Å². The molecular weight excluding hydrogens is 723 g/mol. The summed E-state index contributed by atoms with van der Waals surface area (Å²) in [7, 11) is 0. The Hall–Kier alpha value is -7.56. The molecule has 0 unspecified atom stereocenters. The van der Waals surface area contributed by atoms with Crippen LogP contribution < -0.4 is 10.6 Å². The summed E-state index contributed by atoms with van der Waals surface area (Å²) in [6.07, 6.45) is 22.9. The minimum Gasteiger partial charge on any atom is -0.461 e. The molecule has 10 aromatic rings. The van der Waals surface area contributed by atoms with E-state index < -0.39 is 0 Å². The fraction of sp³-hybridized carbons (Fsp3) is 0.0545. The van der Waals surface area contributed by atoms with E-state index in [-0.39, 0.29) is 0 Å². The lowest BCUT2D eigenvalue weighted by atomic mass is 9.99. The van der Waals surface area contributed by atoms with Crippen LogP contribution >= 0.6 is 0 Å². The second kappa shape index (κ2) is 14.1. The van der Waals surface area contributed by atoms with Crippen molar-refractivity contribution < 1.29 is 13.3 Å². The molecule has 1 aliphatic carbocycles. The minimum atomic E-state index is 0.707. The molecule has 0 radical (unpaired) electrons. The summed E-state index contributed by atoms with van der Waals surface area (Å²) < 4.78 is 21.5. The molecule has 0 saturated carbocycles. The third-order valence-electron chi connectivity index (χ3n) is 11.6. The summed E-state index contributed by atoms with van der Waals surface area (Å²) in [4.78, 5) is 0. The van der Waals surface area contributed by atoms with Crippen molar-refractivity contribution in [1.29, 1.82) is 0 Å². The zero-order chi connectivity index (χ0) is 39.5. The van der Waals surface area contributed by atoms with Crippen LogP contribution in [0.25, 0.3) is 107 Å². The maximum Gasteiger partial charge on any atom is 0.147 e. The predicted molar refractivity (Wildman–Crippen MR) is 247 cm³/mol. The van der Waals surface area contributed by atoms with Gasteiger partial charge in [0.05, 0.1) is 16.4 Å². The number of hydrogen-bond donors (Lipinski definition) is 0. The fourth-order valence-electron chi connectivity index (χ4n) is 8.82. The number of rotatable bonds is 7. The van der Waals surface area contributed by atoms with E-state index in [9.17, 15) is 0 Å². The van der Waals surface area contributed by atoms with Crippen molar-refractivity contribution in [3.63, 3.8) is 0 Å². The van der Waals surface area contributed by atoms with Crippen LogP contribution in [0, 0.1) is 0 Å². The quantitative estimate of drug-likeness (QED) is 0.152. The second-order valence-corrected chi connectivity index (χ2v) is 15.1. The highest BCUT2D eigenvalue weighted by molar-refractivity contribution is 6.22. The summed E-state index contributed by atoms with van der Waals surface area (Å²) in [5.41, 5.74) is 13.1. The van der Waals surface area contributed by atoms with Crippen LogP contribution in [0.15, 0.2) is 183 Å². The molecule has 59 heavy (non-hydrogen) atoms. The van der Waals surface area contributed by atoms with E-state index in [0.29, 0.717) is 5.42 Å². The van der Waals surface area contributed by atoms with Crippen molar-refractivity contribution in [1.82, 2.24) is 4.57 Å². The van der Waals surface area contributed by atoms with Gasteiger partial charge in [0.1, 0.15) is 33.5 Å². The molecule has 0 aliphatic heterocycles. The summed E-state index contributed by atoms with van der Waals surface area (Å²) in [6.45, 7) is 6.17. The van der Waals surface area contributed by atoms with Crippen LogP contribution in [0.1, 0.15) is 30.2 Å². The number of hydrogen-bond acceptors (Lipinski definition) is 3. The van der Waals surface area contributed by atoms with Crippen LogP contribution in [0.3, 0.4) is 0 Å². The average molecular weight is 762 g/mol. The van der Waals surface area contributed by atoms with E-state index in [0.717, 1.165) is 101 Å². The van der Waals surface area contributed by atoms with E-state index in [1.807, 2.05) is 19.1 Å². The second-order valence-electron chi connectivity index (χ2n) is 15.1. The Morgan fingerprint density at radius 2 is 1.42 bits per heavy atom. The Bertz CT molecular complexity index is 3570. The normalized spacial score (nSPS) is 14.1. The number of allylic oxidation sites excluding steroid dienone is 9. The zero-order valence-electron chi connectivity index (χ0n) is 32.6. The van der Waals surface area contributed by atoms with Gasteiger partial charge in [0.15, 0.2) is 0 Å². The van der Waals surface area contributed by atoms with Gasteiger partial charge in [-0.05, 0) is 102 Å². The van der Waals surface area contributed by atoms with Crippen molar-refractivity contribution >= 4 is 90.0 Å². The van der Waals surface area contributed by atoms with Crippen molar-refractivity contribution in [3.8, 4) is 16.8 Å². The fourth-order valence-corrected chi connectivity index (χ4v) is 8.82. The van der Waals surface area contributed by atoms with Gasteiger partial charge in [-0.1, -0.05) is 122 Å². The smallest absolute Gasteiger partial charge is 0.147 e. The summed E-state index contributed by atoms with van der Waals surface area (Å²) in [5.74, 6) is 1.02. The third kappa shape index (κ3) is 5.83. The molecule has 11 rings (SSSR count). The highest BCUT2D eigenvalue weighted by Gasteiger charge is 2.19. The first-order valence-corrected chi connectivity index (χ1v) is 20.2. The van der Waals surface area contributed by atoms with Crippen molar-refractivity contribution in [3.05, 3.63) is 197 Å². The number of furan rings is 3. The van der Waals surface area contributed by atoms with Crippen molar-refractivity contribution in [2.75, 3.05) is 0 Å². The Labute approximate surface area is 340 Å². The van der Waals surface area contributed by atoms with Gasteiger partial charge < -0.3 is 17.8 Å². The molecule has 1 aliphatic rings. The van der Waals surface area contributed by atoms with Crippen LogP contribution in [0.5, 0.6) is 0 Å². The van der Waals surface area contributed by atoms with Gasteiger partial charge in [0.25, 0.3) is 0 Å². The van der Waals surface area contributed by atoms with E-state index in [1.54, 1.807) is 0 Å². The monoisotopic (exact) mass is 761 g/mol. The van der Waals surface area contributed by atoms with Gasteiger partial charge in [0, 0.05) is 49.8 Å². The minimum absolute atomic E-state index is 0.707. The Balaban J connectivity index is 1.00. The molecule has 0 N–H and O–H groups in total. The van der Waals surface area contributed by atoms with Gasteiger partial charge in [-0.25, -0.2) is 0 Å². The highest BCUT2D eigenvalue weighted by Crippen LogP contribution is 2.42. The topological polar surface area (TPSA) is 44.4 Å². The Morgan fingerprint density at radius 3 is 2.32 bits per heavy atom. The summed E-state index contributed by atoms with van der Waals surface area (Å²) in [5, 5.41) is 7.63. The molecule has 4 nitrogen and oxygen atoms in total. The molecule has 0 spiro atoms. The molecule has 0 amide bonds. The molecule has 4 heteroatoms. The maximum absolute atomic E-state index is 6.71. The molecule has 282 valence electrons. The first-order valence-electron chi connectivity index (χ1n) is 20.2. The maximum atomic E-state index is 6.71. The third-order valence-corrected chi connectivity index (χ3v) is 11.6. The number of aryl methyl sites for hydroxylation is 1. The van der Waals surface area contributed by atoms with Gasteiger partial charge >= 0.3 is 0 Å². The standard InChI is InChI=1S/C55H39NO3/c1-3-4-6-15-36(16-9-10-19-41-35(2)57-50-23-14-12-21-43(41)50)37-25-30-52-47(34-37)54-53(58-52)31-27-44-46-33-39(26-29-51(46)59-55(44)54)38-24-28-49-45(32-38)42-20-11-13-22-48(42)56(49)40-17-7-5-8-18-40/h3-13,15-22,24-34H,2,14,23H2,1H3/b4-3+,10-9-,15-6+,36-16+,41-19+. The number of aromatic nitrogens is 1. The van der Waals surface area contributed by atoms with Gasteiger partial charge in [-0.2, -0.15) is 0 Å². The summed E-state index contributed by atoms with van der Waals surface area (Å²) >= 11 is 0. The van der Waals surface area contributed by atoms with E-state index in [4.69, 9.17) is 13.3 Å². The van der Waals surface area contributed by atoms with Crippen LogP contribution in [0.4, 0.5) is 0 Å². The molecule has 0 fully saturated rings. The largest absolute Gasteiger partial charge is 0.461 e. The van der Waals surface area contributed by atoms with Gasteiger partial charge in [0.2, 0.25) is 0 Å². The van der Waals surface area contributed by atoms with Gasteiger partial charge in [-0.3, -0.25) is 0 Å². The first-order chi connectivity index (χ1) is 29.1. The number of nitrogens with zero attached hydrogens (tertiary/aromatic N) is 1. The molecule has 6 aromatic carbocycles. The Morgan fingerprint density at radius 1 is 0.644 bits per heavy atom. The first kappa shape index (κ1) is 34.7. The van der Waals surface area contributed by atoms with E-state index >= 15 is 0 Å².